The summed E-state index contributed by atoms with van der Waals surface area (Å²) in [5.41, 5.74) is 0. The molecule has 4 rings (SSSR count). The van der Waals surface area contributed by atoms with Crippen LogP contribution in [0.4, 0.5) is 0 Å². The van der Waals surface area contributed by atoms with Crippen LogP contribution in [-0.4, -0.2) is 22.9 Å². The molecule has 0 saturated heterocycles. The molecule has 3 unspecified atom stereocenters. The van der Waals surface area contributed by atoms with Gasteiger partial charge in [0.25, 0.3) is 0 Å². The van der Waals surface area contributed by atoms with Crippen LogP contribution in [0.2, 0.25) is 0 Å². The lowest BCUT2D eigenvalue weighted by Crippen LogP contribution is -2.51. The zero-order valence-corrected chi connectivity index (χ0v) is 14.1. The van der Waals surface area contributed by atoms with Gasteiger partial charge in [-0.2, -0.15) is 0 Å². The molecule has 4 aliphatic rings. The Kier molecular flexibility index (Phi) is 4.46. The summed E-state index contributed by atoms with van der Waals surface area (Å²) in [6, 6.07) is 1.17. The van der Waals surface area contributed by atoms with Gasteiger partial charge in [0, 0.05) is 18.0 Å². The van der Waals surface area contributed by atoms with E-state index in [9.17, 15) is 4.79 Å². The molecule has 0 aromatic carbocycles. The van der Waals surface area contributed by atoms with Gasteiger partial charge in [0.1, 0.15) is 0 Å². The second kappa shape index (κ2) is 6.53. The number of carbonyl (C=O) groups excluding carboxylic acids is 1. The topological polar surface area (TPSA) is 20.3 Å². The van der Waals surface area contributed by atoms with Crippen LogP contribution in [0.3, 0.4) is 0 Å². The van der Waals surface area contributed by atoms with Crippen LogP contribution >= 0.6 is 0 Å². The van der Waals surface area contributed by atoms with Crippen LogP contribution in [-0.2, 0) is 4.79 Å². The first-order valence-electron chi connectivity index (χ1n) is 10.1. The Balaban J connectivity index is 1.51. The van der Waals surface area contributed by atoms with Gasteiger partial charge in [-0.25, -0.2) is 0 Å². The third kappa shape index (κ3) is 2.83. The monoisotopic (exact) mass is 303 g/mol. The van der Waals surface area contributed by atoms with E-state index in [-0.39, 0.29) is 0 Å². The average Bonchev–Trinajstić information content (AvgIpc) is 3.20. The molecule has 0 N–H and O–H groups in total. The Labute approximate surface area is 136 Å². The Morgan fingerprint density at radius 3 is 1.73 bits per heavy atom. The first kappa shape index (κ1) is 15.0. The largest absolute Gasteiger partial charge is 0.336 e. The molecule has 2 bridgehead atoms. The van der Waals surface area contributed by atoms with E-state index in [4.69, 9.17) is 0 Å². The zero-order valence-electron chi connectivity index (χ0n) is 14.1. The number of nitrogens with zero attached hydrogens (tertiary/aromatic N) is 1. The Morgan fingerprint density at radius 2 is 1.27 bits per heavy atom. The smallest absolute Gasteiger partial charge is 0.226 e. The van der Waals surface area contributed by atoms with Crippen molar-refractivity contribution in [3.05, 3.63) is 0 Å². The molecule has 22 heavy (non-hydrogen) atoms. The summed E-state index contributed by atoms with van der Waals surface area (Å²) in [5.74, 6) is 2.62. The molecule has 4 fully saturated rings. The summed E-state index contributed by atoms with van der Waals surface area (Å²) in [6.07, 6.45) is 18.6. The van der Waals surface area contributed by atoms with Crippen molar-refractivity contribution in [3.63, 3.8) is 0 Å². The van der Waals surface area contributed by atoms with Crippen molar-refractivity contribution >= 4 is 5.91 Å². The van der Waals surface area contributed by atoms with Crippen LogP contribution in [0.15, 0.2) is 0 Å². The van der Waals surface area contributed by atoms with Crippen molar-refractivity contribution in [1.82, 2.24) is 4.90 Å². The normalized spacial score (nSPS) is 36.6. The van der Waals surface area contributed by atoms with Crippen LogP contribution in [0.5, 0.6) is 0 Å². The molecule has 4 aliphatic carbocycles. The molecule has 2 heteroatoms. The van der Waals surface area contributed by atoms with Crippen LogP contribution in [0.1, 0.15) is 89.9 Å². The summed E-state index contributed by atoms with van der Waals surface area (Å²) >= 11 is 0. The number of amides is 1. The van der Waals surface area contributed by atoms with Crippen molar-refractivity contribution in [3.8, 4) is 0 Å². The Hall–Kier alpha value is -0.530. The molecule has 0 spiro atoms. The van der Waals surface area contributed by atoms with E-state index in [0.29, 0.717) is 23.9 Å². The molecule has 2 nitrogen and oxygen atoms in total. The Bertz CT molecular complexity index is 377. The van der Waals surface area contributed by atoms with Crippen molar-refractivity contribution in [2.75, 3.05) is 0 Å². The highest BCUT2D eigenvalue weighted by atomic mass is 16.2. The molecule has 3 atom stereocenters. The van der Waals surface area contributed by atoms with Gasteiger partial charge >= 0.3 is 0 Å². The van der Waals surface area contributed by atoms with Crippen molar-refractivity contribution < 1.29 is 4.79 Å². The van der Waals surface area contributed by atoms with Gasteiger partial charge in [0.15, 0.2) is 0 Å². The van der Waals surface area contributed by atoms with E-state index < -0.39 is 0 Å². The van der Waals surface area contributed by atoms with E-state index >= 15 is 0 Å². The van der Waals surface area contributed by atoms with E-state index in [2.05, 4.69) is 4.90 Å². The summed E-state index contributed by atoms with van der Waals surface area (Å²) < 4.78 is 0. The second-order valence-corrected chi connectivity index (χ2v) is 8.61. The summed E-state index contributed by atoms with van der Waals surface area (Å²) in [7, 11) is 0. The van der Waals surface area contributed by atoms with Gasteiger partial charge in [-0.1, -0.05) is 44.9 Å². The van der Waals surface area contributed by atoms with E-state index in [1.807, 2.05) is 0 Å². The maximum absolute atomic E-state index is 13.5. The van der Waals surface area contributed by atoms with Crippen LogP contribution in [0, 0.1) is 17.8 Å². The number of fused-ring (bicyclic) bond motifs is 2. The first-order chi connectivity index (χ1) is 10.8. The van der Waals surface area contributed by atoms with Gasteiger partial charge in [-0.3, -0.25) is 4.79 Å². The van der Waals surface area contributed by atoms with Gasteiger partial charge < -0.3 is 4.90 Å². The fourth-order valence-corrected chi connectivity index (χ4v) is 6.12. The summed E-state index contributed by atoms with van der Waals surface area (Å²) in [6.45, 7) is 0. The molecule has 0 aromatic rings. The third-order valence-corrected chi connectivity index (χ3v) is 7.25. The lowest BCUT2D eigenvalue weighted by molar-refractivity contribution is -0.144. The molecule has 1 amide bonds. The number of hydrogen-bond donors (Lipinski definition) is 0. The molecular weight excluding hydrogens is 270 g/mol. The summed E-state index contributed by atoms with van der Waals surface area (Å²) in [4.78, 5) is 15.9. The third-order valence-electron chi connectivity index (χ3n) is 7.25. The fraction of sp³-hybridized carbons (Fsp3) is 0.950. The number of carbonyl (C=O) groups is 1. The predicted octanol–water partition coefficient (Wildman–Crippen LogP) is 4.92. The highest BCUT2D eigenvalue weighted by molar-refractivity contribution is 5.80. The van der Waals surface area contributed by atoms with Gasteiger partial charge in [0.2, 0.25) is 5.91 Å². The standard InChI is InChI=1S/C20H33NO/c22-20(19-14-15-11-12-16(19)13-15)21(17-7-3-1-4-8-17)18-9-5-2-6-10-18/h15-19H,1-14H2. The highest BCUT2D eigenvalue weighted by Gasteiger charge is 2.46. The van der Waals surface area contributed by atoms with Crippen molar-refractivity contribution in [2.45, 2.75) is 102 Å². The molecule has 4 saturated carbocycles. The summed E-state index contributed by atoms with van der Waals surface area (Å²) in [5, 5.41) is 0. The molecule has 124 valence electrons. The zero-order chi connectivity index (χ0) is 14.9. The molecule has 0 radical (unpaired) electrons. The van der Waals surface area contributed by atoms with Crippen LogP contribution < -0.4 is 0 Å². The lowest BCUT2D eigenvalue weighted by Gasteiger charge is -2.44. The maximum Gasteiger partial charge on any atom is 0.226 e. The minimum atomic E-state index is 0.405. The molecule has 0 aromatic heterocycles. The van der Waals surface area contributed by atoms with E-state index in [1.165, 1.54) is 89.9 Å². The number of hydrogen-bond acceptors (Lipinski definition) is 1. The molecular formula is C20H33NO. The van der Waals surface area contributed by atoms with Crippen molar-refractivity contribution in [2.24, 2.45) is 17.8 Å². The highest BCUT2D eigenvalue weighted by Crippen LogP contribution is 2.49. The first-order valence-corrected chi connectivity index (χ1v) is 10.1. The van der Waals surface area contributed by atoms with Gasteiger partial charge in [-0.15, -0.1) is 0 Å². The lowest BCUT2D eigenvalue weighted by atomic mass is 9.83. The van der Waals surface area contributed by atoms with Gasteiger partial charge in [-0.05, 0) is 56.8 Å². The quantitative estimate of drug-likeness (QED) is 0.725. The molecule has 0 aliphatic heterocycles. The fourth-order valence-electron chi connectivity index (χ4n) is 6.12. The van der Waals surface area contributed by atoms with Crippen LogP contribution in [0.25, 0.3) is 0 Å². The number of rotatable bonds is 3. The second-order valence-electron chi connectivity index (χ2n) is 8.61. The van der Waals surface area contributed by atoms with E-state index in [1.54, 1.807) is 0 Å². The minimum absolute atomic E-state index is 0.405. The van der Waals surface area contributed by atoms with E-state index in [0.717, 1.165) is 11.8 Å². The van der Waals surface area contributed by atoms with Crippen molar-refractivity contribution in [1.29, 1.82) is 0 Å². The maximum atomic E-state index is 13.5. The minimum Gasteiger partial charge on any atom is -0.336 e. The Morgan fingerprint density at radius 1 is 0.682 bits per heavy atom. The predicted molar refractivity (Wildman–Crippen MR) is 89.5 cm³/mol. The SMILES string of the molecule is O=C(C1CC2CCC1C2)N(C1CCCCC1)C1CCCCC1. The molecule has 0 heterocycles. The van der Waals surface area contributed by atoms with Gasteiger partial charge in [0.05, 0.1) is 0 Å². The average molecular weight is 303 g/mol.